The van der Waals surface area contributed by atoms with Gasteiger partial charge >= 0.3 is 6.09 Å². The first-order valence-corrected chi connectivity index (χ1v) is 21.4. The molecule has 0 aromatic heterocycles. The molecule has 12 nitrogen and oxygen atoms in total. The highest BCUT2D eigenvalue weighted by Crippen LogP contribution is 2.46. The average molecular weight is 813 g/mol. The van der Waals surface area contributed by atoms with Crippen LogP contribution < -0.4 is 15.4 Å². The van der Waals surface area contributed by atoms with Crippen molar-refractivity contribution in [2.24, 2.45) is 5.92 Å². The Labute approximate surface area is 342 Å². The number of sulfonamides is 1. The second kappa shape index (κ2) is 16.0. The molecule has 2 aliphatic carbocycles. The SMILES string of the molecule is C=C[C@@H]1C[C@]1(NC(=O)[C@@H]1C[C@@](OC)(c2ccc(-c3ccccc3)cc2)CN1C(=O)[C@H](Cc1ccc(C(C)(C)C)cc1)NC(=O)OC(C)(C)C)C(=O)NS(=O)(=O)C1CC1. The summed E-state index contributed by atoms with van der Waals surface area (Å²) < 4.78 is 39.7. The van der Waals surface area contributed by atoms with Crippen LogP contribution in [0, 0.1) is 5.92 Å². The second-order valence-corrected chi connectivity index (χ2v) is 19.8. The first-order valence-electron chi connectivity index (χ1n) is 19.8. The minimum Gasteiger partial charge on any atom is -0.444 e. The van der Waals surface area contributed by atoms with Gasteiger partial charge in [0.2, 0.25) is 21.8 Å². The van der Waals surface area contributed by atoms with Gasteiger partial charge in [-0.05, 0) is 73.3 Å². The summed E-state index contributed by atoms with van der Waals surface area (Å²) in [6.07, 6.45) is 1.85. The molecular formula is C45H56N4O8S. The number of amides is 4. The van der Waals surface area contributed by atoms with Gasteiger partial charge in [0, 0.05) is 25.9 Å². The highest BCUT2D eigenvalue weighted by atomic mass is 32.2. The van der Waals surface area contributed by atoms with Crippen LogP contribution in [0.2, 0.25) is 0 Å². The van der Waals surface area contributed by atoms with E-state index < -0.39 is 73.8 Å². The van der Waals surface area contributed by atoms with Crippen molar-refractivity contribution in [3.05, 3.63) is 108 Å². The number of carbonyl (C=O) groups excluding carboxylic acids is 4. The summed E-state index contributed by atoms with van der Waals surface area (Å²) in [4.78, 5) is 58.1. The Morgan fingerprint density at radius 2 is 1.52 bits per heavy atom. The number of nitrogens with zero attached hydrogens (tertiary/aromatic N) is 1. The van der Waals surface area contributed by atoms with E-state index in [1.807, 2.05) is 78.9 Å². The van der Waals surface area contributed by atoms with Crippen molar-refractivity contribution in [3.8, 4) is 11.1 Å². The van der Waals surface area contributed by atoms with Crippen LogP contribution in [0.25, 0.3) is 11.1 Å². The zero-order valence-electron chi connectivity index (χ0n) is 34.5. The van der Waals surface area contributed by atoms with Gasteiger partial charge in [0.05, 0.1) is 11.8 Å². The number of ether oxygens (including phenoxy) is 2. The van der Waals surface area contributed by atoms with Crippen LogP contribution >= 0.6 is 0 Å². The average Bonchev–Trinajstić information content (AvgIpc) is 4.10. The molecule has 310 valence electrons. The van der Waals surface area contributed by atoms with Crippen molar-refractivity contribution in [3.63, 3.8) is 0 Å². The minimum atomic E-state index is -3.92. The third-order valence-corrected chi connectivity index (χ3v) is 13.1. The molecule has 1 heterocycles. The van der Waals surface area contributed by atoms with E-state index in [4.69, 9.17) is 9.47 Å². The molecule has 13 heteroatoms. The van der Waals surface area contributed by atoms with Gasteiger partial charge in [-0.2, -0.15) is 0 Å². The summed E-state index contributed by atoms with van der Waals surface area (Å²) in [5.74, 6) is -2.60. The largest absolute Gasteiger partial charge is 0.444 e. The van der Waals surface area contributed by atoms with E-state index in [2.05, 4.69) is 42.7 Å². The van der Waals surface area contributed by atoms with Gasteiger partial charge < -0.3 is 25.0 Å². The first kappa shape index (κ1) is 42.6. The number of carbonyl (C=O) groups is 4. The van der Waals surface area contributed by atoms with Crippen molar-refractivity contribution < 1.29 is 37.1 Å². The number of alkyl carbamates (subject to hydrolysis) is 1. The van der Waals surface area contributed by atoms with Crippen molar-refractivity contribution in [2.45, 2.75) is 113 Å². The molecule has 3 aromatic carbocycles. The van der Waals surface area contributed by atoms with Gasteiger partial charge in [-0.1, -0.05) is 106 Å². The molecule has 1 saturated heterocycles. The van der Waals surface area contributed by atoms with E-state index in [0.717, 1.165) is 27.8 Å². The molecule has 3 aromatic rings. The van der Waals surface area contributed by atoms with E-state index in [1.165, 1.54) is 18.1 Å². The lowest BCUT2D eigenvalue weighted by molar-refractivity contribution is -0.141. The molecule has 6 rings (SSSR count). The fraction of sp³-hybridized carbons (Fsp3) is 0.467. The quantitative estimate of drug-likeness (QED) is 0.180. The predicted octanol–water partition coefficient (Wildman–Crippen LogP) is 5.90. The maximum Gasteiger partial charge on any atom is 0.408 e. The normalized spacial score (nSPS) is 23.7. The first-order chi connectivity index (χ1) is 27.2. The monoisotopic (exact) mass is 812 g/mol. The Morgan fingerprint density at radius 1 is 0.897 bits per heavy atom. The number of rotatable bonds is 13. The van der Waals surface area contributed by atoms with Gasteiger partial charge in [-0.3, -0.25) is 19.1 Å². The summed E-state index contributed by atoms with van der Waals surface area (Å²) in [5.41, 5.74) is 0.857. The molecule has 5 atom stereocenters. The summed E-state index contributed by atoms with van der Waals surface area (Å²) >= 11 is 0. The van der Waals surface area contributed by atoms with Gasteiger partial charge in [-0.15, -0.1) is 6.58 Å². The zero-order chi connectivity index (χ0) is 42.3. The maximum absolute atomic E-state index is 15.0. The molecular weight excluding hydrogens is 757 g/mol. The molecule has 3 fully saturated rings. The number of nitrogens with one attached hydrogen (secondary N) is 3. The van der Waals surface area contributed by atoms with Crippen molar-refractivity contribution in [2.75, 3.05) is 13.7 Å². The fourth-order valence-electron chi connectivity index (χ4n) is 7.66. The summed E-state index contributed by atoms with van der Waals surface area (Å²) in [7, 11) is -2.40. The van der Waals surface area contributed by atoms with Crippen molar-refractivity contribution in [1.82, 2.24) is 20.3 Å². The lowest BCUT2D eigenvalue weighted by atomic mass is 9.86. The molecule has 0 radical (unpaired) electrons. The Kier molecular flexibility index (Phi) is 11.7. The Morgan fingerprint density at radius 3 is 2.05 bits per heavy atom. The van der Waals surface area contributed by atoms with Crippen LogP contribution in [-0.4, -0.2) is 79.3 Å². The molecule has 3 N–H and O–H groups in total. The van der Waals surface area contributed by atoms with Crippen molar-refractivity contribution >= 4 is 33.8 Å². The predicted molar refractivity (Wildman–Crippen MR) is 222 cm³/mol. The smallest absolute Gasteiger partial charge is 0.408 e. The number of methoxy groups -OCH3 is 1. The van der Waals surface area contributed by atoms with Gasteiger partial charge in [0.1, 0.15) is 28.8 Å². The molecule has 0 unspecified atom stereocenters. The van der Waals surface area contributed by atoms with Crippen LogP contribution in [0.4, 0.5) is 4.79 Å². The Hall–Kier alpha value is -5.01. The molecule has 2 saturated carbocycles. The number of hydrogen-bond acceptors (Lipinski definition) is 8. The molecule has 58 heavy (non-hydrogen) atoms. The van der Waals surface area contributed by atoms with Crippen molar-refractivity contribution in [1.29, 1.82) is 0 Å². The Bertz CT molecular complexity index is 2140. The van der Waals surface area contributed by atoms with Crippen LogP contribution in [0.1, 0.15) is 83.9 Å². The topological polar surface area (TPSA) is 160 Å². The fourth-order valence-corrected chi connectivity index (χ4v) is 9.02. The standard InChI is InChI=1S/C45H56N4O8S/c1-9-32-26-45(32,40(52)48-58(54,55)35-23-24-35)47-38(50)37-27-44(56-8,34-21-17-31(18-22-34)30-13-11-10-12-14-30)28-49(37)39(51)36(46-41(53)57-43(5,6)7)25-29-15-19-33(20-16-29)42(2,3)4/h9-22,32,35-37H,1,23-28H2,2-8H3,(H,46,53)(H,47,50)(H,48,52)/t32-,36+,37+,44+,45-/m1/s1. The number of likely N-dealkylation sites (tertiary alicyclic amines) is 1. The highest BCUT2D eigenvalue weighted by Gasteiger charge is 2.62. The molecule has 4 amide bonds. The molecule has 0 bridgehead atoms. The van der Waals surface area contributed by atoms with E-state index in [-0.39, 0.29) is 31.2 Å². The van der Waals surface area contributed by atoms with Gasteiger partial charge in [0.15, 0.2) is 0 Å². The number of hydrogen-bond donors (Lipinski definition) is 3. The molecule has 3 aliphatic rings. The summed E-state index contributed by atoms with van der Waals surface area (Å²) in [6, 6.07) is 23.0. The van der Waals surface area contributed by atoms with E-state index in [1.54, 1.807) is 20.8 Å². The second-order valence-electron chi connectivity index (χ2n) is 17.9. The van der Waals surface area contributed by atoms with Crippen LogP contribution in [0.5, 0.6) is 0 Å². The summed E-state index contributed by atoms with van der Waals surface area (Å²) in [5, 5.41) is 4.99. The maximum atomic E-state index is 15.0. The van der Waals surface area contributed by atoms with Crippen LogP contribution in [0.15, 0.2) is 91.5 Å². The van der Waals surface area contributed by atoms with Gasteiger partial charge in [-0.25, -0.2) is 13.2 Å². The van der Waals surface area contributed by atoms with E-state index >= 15 is 4.79 Å². The summed E-state index contributed by atoms with van der Waals surface area (Å²) in [6.45, 7) is 15.2. The number of benzene rings is 3. The molecule has 1 aliphatic heterocycles. The zero-order valence-corrected chi connectivity index (χ0v) is 35.3. The minimum absolute atomic E-state index is 0.00201. The third kappa shape index (κ3) is 9.31. The lowest BCUT2D eigenvalue weighted by Gasteiger charge is -2.31. The van der Waals surface area contributed by atoms with Gasteiger partial charge in [0.25, 0.3) is 5.91 Å². The van der Waals surface area contributed by atoms with E-state index in [9.17, 15) is 22.8 Å². The Balaban J connectivity index is 1.36. The molecule has 0 spiro atoms. The lowest BCUT2D eigenvalue weighted by Crippen LogP contribution is -2.58. The van der Waals surface area contributed by atoms with E-state index in [0.29, 0.717) is 12.8 Å². The van der Waals surface area contributed by atoms with Crippen LogP contribution in [-0.2, 0) is 51.3 Å². The third-order valence-electron chi connectivity index (χ3n) is 11.3. The highest BCUT2D eigenvalue weighted by molar-refractivity contribution is 7.91. The van der Waals surface area contributed by atoms with Crippen LogP contribution in [0.3, 0.4) is 0 Å².